The van der Waals surface area contributed by atoms with Crippen LogP contribution in [0, 0.1) is 0 Å². The van der Waals surface area contributed by atoms with Gasteiger partial charge >= 0.3 is 0 Å². The molecule has 25 heavy (non-hydrogen) atoms. The molecule has 0 bridgehead atoms. The van der Waals surface area contributed by atoms with E-state index in [0.29, 0.717) is 30.5 Å². The second-order valence-electron chi connectivity index (χ2n) is 5.45. The van der Waals surface area contributed by atoms with Gasteiger partial charge in [-0.05, 0) is 35.9 Å². The van der Waals surface area contributed by atoms with Crippen molar-refractivity contribution in [2.45, 2.75) is 0 Å². The number of nitrogens with one attached hydrogen (secondary N) is 1. The number of para-hydroxylation sites is 1. The minimum Gasteiger partial charge on any atom is -0.493 e. The van der Waals surface area contributed by atoms with Crippen molar-refractivity contribution >= 4 is 17.7 Å². The summed E-state index contributed by atoms with van der Waals surface area (Å²) < 4.78 is 16.5. The number of fused-ring (bicyclic) bond motifs is 1. The molecule has 1 N–H and O–H groups in total. The van der Waals surface area contributed by atoms with E-state index in [1.807, 2.05) is 36.4 Å². The van der Waals surface area contributed by atoms with Crippen LogP contribution < -0.4 is 24.6 Å². The molecule has 0 fully saturated rings. The number of hydrazine groups is 1. The molecule has 0 radical (unpaired) electrons. The summed E-state index contributed by atoms with van der Waals surface area (Å²) in [5, 5.41) is 1.66. The summed E-state index contributed by atoms with van der Waals surface area (Å²) in [7, 11) is 3.36. The topological polar surface area (TPSA) is 60.0 Å². The second kappa shape index (κ2) is 7.61. The fourth-order valence-electron chi connectivity index (χ4n) is 2.48. The summed E-state index contributed by atoms with van der Waals surface area (Å²) in [6.45, 7) is 0.985. The standard InChI is InChI=1S/C19H20N2O4/c1-21(15-6-4-3-5-7-15)20-18(22)9-8-14-12-16(23-2)19-17(13-14)24-10-11-25-19/h3-9,12-13H,10-11H2,1-2H3,(H,20,22)/b9-8+. The van der Waals surface area contributed by atoms with Gasteiger partial charge in [0.2, 0.25) is 5.75 Å². The van der Waals surface area contributed by atoms with E-state index in [2.05, 4.69) is 5.43 Å². The second-order valence-corrected chi connectivity index (χ2v) is 5.45. The van der Waals surface area contributed by atoms with E-state index in [4.69, 9.17) is 14.2 Å². The number of benzene rings is 2. The van der Waals surface area contributed by atoms with Gasteiger partial charge in [0, 0.05) is 13.1 Å². The number of nitrogens with zero attached hydrogens (tertiary/aromatic N) is 1. The predicted octanol–water partition coefficient (Wildman–Crippen LogP) is 2.65. The van der Waals surface area contributed by atoms with Gasteiger partial charge in [0.25, 0.3) is 5.91 Å². The van der Waals surface area contributed by atoms with Crippen molar-refractivity contribution in [2.24, 2.45) is 0 Å². The molecule has 1 aliphatic rings. The first-order valence-electron chi connectivity index (χ1n) is 7.92. The zero-order chi connectivity index (χ0) is 17.6. The van der Waals surface area contributed by atoms with Gasteiger partial charge in [-0.15, -0.1) is 0 Å². The lowest BCUT2D eigenvalue weighted by Gasteiger charge is -2.21. The van der Waals surface area contributed by atoms with E-state index < -0.39 is 0 Å². The maximum Gasteiger partial charge on any atom is 0.262 e. The number of hydrogen-bond acceptors (Lipinski definition) is 5. The zero-order valence-corrected chi connectivity index (χ0v) is 14.2. The number of carbonyl (C=O) groups is 1. The van der Waals surface area contributed by atoms with Crippen LogP contribution in [-0.4, -0.2) is 33.3 Å². The van der Waals surface area contributed by atoms with Crippen LogP contribution in [0.3, 0.4) is 0 Å². The average molecular weight is 340 g/mol. The summed E-state index contributed by atoms with van der Waals surface area (Å²) in [5.74, 6) is 1.56. The lowest BCUT2D eigenvalue weighted by Crippen LogP contribution is -2.38. The molecule has 6 heteroatoms. The SMILES string of the molecule is COc1cc(/C=C/C(=O)NN(C)c2ccccc2)cc2c1OCCO2. The molecule has 1 aliphatic heterocycles. The first kappa shape index (κ1) is 16.7. The van der Waals surface area contributed by atoms with Gasteiger partial charge in [0.1, 0.15) is 13.2 Å². The van der Waals surface area contributed by atoms with Gasteiger partial charge in [-0.2, -0.15) is 0 Å². The monoisotopic (exact) mass is 340 g/mol. The number of amides is 1. The van der Waals surface area contributed by atoms with Crippen molar-refractivity contribution in [1.29, 1.82) is 0 Å². The first-order chi connectivity index (χ1) is 12.2. The van der Waals surface area contributed by atoms with Crippen molar-refractivity contribution in [3.63, 3.8) is 0 Å². The number of rotatable bonds is 5. The molecule has 0 spiro atoms. The largest absolute Gasteiger partial charge is 0.493 e. The fourth-order valence-corrected chi connectivity index (χ4v) is 2.48. The van der Waals surface area contributed by atoms with E-state index in [1.54, 1.807) is 31.3 Å². The Hall–Kier alpha value is -3.15. The summed E-state index contributed by atoms with van der Waals surface area (Å²) in [6, 6.07) is 13.2. The predicted molar refractivity (Wildman–Crippen MR) is 96.0 cm³/mol. The van der Waals surface area contributed by atoms with E-state index in [0.717, 1.165) is 11.3 Å². The van der Waals surface area contributed by atoms with E-state index in [-0.39, 0.29) is 5.91 Å². The Morgan fingerprint density at radius 2 is 1.96 bits per heavy atom. The van der Waals surface area contributed by atoms with Crippen LogP contribution in [0.5, 0.6) is 17.2 Å². The molecule has 0 saturated carbocycles. The highest BCUT2D eigenvalue weighted by Crippen LogP contribution is 2.40. The highest BCUT2D eigenvalue weighted by atomic mass is 16.6. The molecular formula is C19H20N2O4. The quantitative estimate of drug-likeness (QED) is 0.670. The van der Waals surface area contributed by atoms with Gasteiger partial charge in [-0.3, -0.25) is 15.2 Å². The Morgan fingerprint density at radius 1 is 1.20 bits per heavy atom. The number of hydrogen-bond donors (Lipinski definition) is 1. The van der Waals surface area contributed by atoms with Gasteiger partial charge in [-0.1, -0.05) is 18.2 Å². The van der Waals surface area contributed by atoms with Crippen molar-refractivity contribution in [3.8, 4) is 17.2 Å². The van der Waals surface area contributed by atoms with Crippen LogP contribution in [0.4, 0.5) is 5.69 Å². The molecule has 130 valence electrons. The third-order valence-electron chi connectivity index (χ3n) is 3.70. The molecule has 0 atom stereocenters. The fraction of sp³-hybridized carbons (Fsp3) is 0.211. The molecule has 6 nitrogen and oxygen atoms in total. The Bertz CT molecular complexity index is 757. The molecule has 0 aromatic heterocycles. The maximum absolute atomic E-state index is 12.1. The lowest BCUT2D eigenvalue weighted by molar-refractivity contribution is -0.116. The average Bonchev–Trinajstić information content (AvgIpc) is 2.66. The van der Waals surface area contributed by atoms with Crippen molar-refractivity contribution < 1.29 is 19.0 Å². The normalized spacial score (nSPS) is 12.7. The minimum atomic E-state index is -0.236. The van der Waals surface area contributed by atoms with Crippen LogP contribution in [0.1, 0.15) is 5.56 Å². The molecule has 3 rings (SSSR count). The van der Waals surface area contributed by atoms with Crippen LogP contribution in [0.2, 0.25) is 0 Å². The number of ether oxygens (including phenoxy) is 3. The Morgan fingerprint density at radius 3 is 2.72 bits per heavy atom. The Kier molecular flexibility index (Phi) is 5.09. The first-order valence-corrected chi connectivity index (χ1v) is 7.92. The van der Waals surface area contributed by atoms with E-state index >= 15 is 0 Å². The maximum atomic E-state index is 12.1. The highest BCUT2D eigenvalue weighted by Gasteiger charge is 2.17. The molecule has 0 aliphatic carbocycles. The third-order valence-corrected chi connectivity index (χ3v) is 3.70. The number of anilines is 1. The van der Waals surface area contributed by atoms with Crippen LogP contribution in [0.25, 0.3) is 6.08 Å². The minimum absolute atomic E-state index is 0.236. The van der Waals surface area contributed by atoms with Gasteiger partial charge in [0.05, 0.1) is 12.8 Å². The number of methoxy groups -OCH3 is 1. The van der Waals surface area contributed by atoms with Gasteiger partial charge in [0.15, 0.2) is 11.5 Å². The van der Waals surface area contributed by atoms with Crippen molar-refractivity contribution in [3.05, 3.63) is 54.1 Å². The summed E-state index contributed by atoms with van der Waals surface area (Å²) >= 11 is 0. The lowest BCUT2D eigenvalue weighted by atomic mass is 10.1. The van der Waals surface area contributed by atoms with E-state index in [1.165, 1.54) is 6.08 Å². The smallest absolute Gasteiger partial charge is 0.262 e. The van der Waals surface area contributed by atoms with E-state index in [9.17, 15) is 4.79 Å². The molecule has 1 heterocycles. The summed E-state index contributed by atoms with van der Waals surface area (Å²) in [4.78, 5) is 12.1. The molecular weight excluding hydrogens is 320 g/mol. The summed E-state index contributed by atoms with van der Waals surface area (Å²) in [6.07, 6.45) is 3.17. The van der Waals surface area contributed by atoms with Crippen molar-refractivity contribution in [2.75, 3.05) is 32.4 Å². The van der Waals surface area contributed by atoms with Gasteiger partial charge < -0.3 is 14.2 Å². The molecule has 2 aromatic carbocycles. The van der Waals surface area contributed by atoms with Crippen LogP contribution >= 0.6 is 0 Å². The highest BCUT2D eigenvalue weighted by molar-refractivity contribution is 5.92. The Balaban J connectivity index is 1.70. The third kappa shape index (κ3) is 4.03. The van der Waals surface area contributed by atoms with Gasteiger partial charge in [-0.25, -0.2) is 0 Å². The van der Waals surface area contributed by atoms with Crippen molar-refractivity contribution in [1.82, 2.24) is 5.43 Å². The van der Waals surface area contributed by atoms with Crippen LogP contribution in [-0.2, 0) is 4.79 Å². The molecule has 0 unspecified atom stereocenters. The number of carbonyl (C=O) groups excluding carboxylic acids is 1. The Labute approximate surface area is 146 Å². The van der Waals surface area contributed by atoms with Crippen LogP contribution in [0.15, 0.2) is 48.5 Å². The molecule has 2 aromatic rings. The summed E-state index contributed by atoms with van der Waals surface area (Å²) in [5.41, 5.74) is 4.46. The molecule has 1 amide bonds. The molecule has 0 saturated heterocycles. The zero-order valence-electron chi connectivity index (χ0n) is 14.2.